The van der Waals surface area contributed by atoms with E-state index in [4.69, 9.17) is 7.85 Å². The topological polar surface area (TPSA) is 33.4 Å². The minimum Gasteiger partial charge on any atom is -0.467 e. The highest BCUT2D eigenvalue weighted by Crippen LogP contribution is 1.96. The normalized spacial score (nSPS) is 15.6. The highest BCUT2D eigenvalue weighted by atomic mass is 16.4. The van der Waals surface area contributed by atoms with Gasteiger partial charge >= 0.3 is 0 Å². The van der Waals surface area contributed by atoms with Gasteiger partial charge in [0.1, 0.15) is 12.3 Å². The zero-order chi connectivity index (χ0) is 6.91. The van der Waals surface area contributed by atoms with Crippen molar-refractivity contribution in [3.63, 3.8) is 0 Å². The maximum Gasteiger partial charge on any atom is 0.129 e. The summed E-state index contributed by atoms with van der Waals surface area (Å²) in [6.07, 6.45) is 1.31. The van der Waals surface area contributed by atoms with Crippen LogP contribution in [0, 0.1) is 0 Å². The Labute approximate surface area is 44.2 Å². The summed E-state index contributed by atoms with van der Waals surface area (Å²) in [4.78, 5) is 0. The first-order valence-corrected chi connectivity index (χ1v) is 1.87. The largest absolute Gasteiger partial charge is 0.467 e. The van der Waals surface area contributed by atoms with Gasteiger partial charge in [0.25, 0.3) is 0 Å². The fourth-order valence-corrected chi connectivity index (χ4v) is 0.342. The van der Waals surface area contributed by atoms with Crippen molar-refractivity contribution in [2.75, 3.05) is 0 Å². The summed E-state index contributed by atoms with van der Waals surface area (Å²) in [7, 11) is 0. The van der Waals surface area contributed by atoms with Crippen molar-refractivity contribution in [2.24, 2.45) is 0 Å². The molecule has 38 valence electrons. The average molecular weight is 100 g/mol. The van der Waals surface area contributed by atoms with Crippen LogP contribution in [0.1, 0.15) is 8.50 Å². The van der Waals surface area contributed by atoms with Crippen LogP contribution in [0.2, 0.25) is 0 Å². The van der Waals surface area contributed by atoms with E-state index in [1.54, 1.807) is 0 Å². The number of aliphatic hydroxyl groups is 1. The Morgan fingerprint density at radius 2 is 2.86 bits per heavy atom. The van der Waals surface area contributed by atoms with Crippen molar-refractivity contribution in [3.05, 3.63) is 24.2 Å². The molecule has 0 fully saturated rings. The molecule has 0 aliphatic rings. The van der Waals surface area contributed by atoms with Gasteiger partial charge in [0.15, 0.2) is 0 Å². The van der Waals surface area contributed by atoms with E-state index < -0.39 is 6.56 Å². The third-order valence-electron chi connectivity index (χ3n) is 0.631. The maximum atomic E-state index is 8.62. The molecule has 0 saturated carbocycles. The smallest absolute Gasteiger partial charge is 0.129 e. The van der Waals surface area contributed by atoms with Crippen molar-refractivity contribution in [1.82, 2.24) is 0 Å². The second kappa shape index (κ2) is 1.80. The lowest BCUT2D eigenvalue weighted by Gasteiger charge is -1.79. The molecule has 0 saturated heterocycles. The van der Waals surface area contributed by atoms with Crippen LogP contribution in [0.4, 0.5) is 0 Å². The van der Waals surface area contributed by atoms with E-state index in [0.29, 0.717) is 0 Å². The molecular formula is C5H6O2. The fourth-order valence-electron chi connectivity index (χ4n) is 0.342. The predicted octanol–water partition coefficient (Wildman–Crippen LogP) is 0.772. The van der Waals surface area contributed by atoms with Gasteiger partial charge in [-0.1, -0.05) is 0 Å². The molecule has 0 atom stereocenters. The molecule has 0 radical (unpaired) electrons. The minimum atomic E-state index is -2.34. The second-order valence-corrected chi connectivity index (χ2v) is 1.09. The summed E-state index contributed by atoms with van der Waals surface area (Å²) < 4.78 is 18.0. The number of rotatable bonds is 1. The van der Waals surface area contributed by atoms with Gasteiger partial charge in [0, 0.05) is 0 Å². The minimum absolute atomic E-state index is 0.0671. The van der Waals surface area contributed by atoms with E-state index in [1.807, 2.05) is 0 Å². The zero-order valence-electron chi connectivity index (χ0n) is 5.59. The van der Waals surface area contributed by atoms with Gasteiger partial charge in [-0.05, 0) is 12.1 Å². The molecular weight excluding hydrogens is 92.1 g/mol. The molecule has 1 aromatic heterocycles. The molecule has 0 aliphatic carbocycles. The highest BCUT2D eigenvalue weighted by Gasteiger charge is 1.85. The molecule has 1 N–H and O–H groups in total. The molecule has 0 spiro atoms. The highest BCUT2D eigenvalue weighted by molar-refractivity contribution is 4.95. The summed E-state index contributed by atoms with van der Waals surface area (Å²) in [6, 6.07) is 2.89. The number of furan rings is 1. The van der Waals surface area contributed by atoms with Crippen molar-refractivity contribution >= 4 is 0 Å². The first-order valence-electron chi connectivity index (χ1n) is 2.87. The predicted molar refractivity (Wildman–Crippen MR) is 24.6 cm³/mol. The van der Waals surface area contributed by atoms with E-state index in [0.717, 1.165) is 0 Å². The number of hydrogen-bond acceptors (Lipinski definition) is 2. The summed E-state index contributed by atoms with van der Waals surface area (Å²) in [5, 5.41) is 8.62. The second-order valence-electron chi connectivity index (χ2n) is 1.09. The van der Waals surface area contributed by atoms with Gasteiger partial charge in [0.2, 0.25) is 0 Å². The molecule has 0 aliphatic heterocycles. The standard InChI is InChI=1S/C5H6O2/c6-4-5-2-1-3-7-5/h1-3,6H,4H2/i4D2. The Balaban J connectivity index is 2.90. The molecule has 2 nitrogen and oxygen atoms in total. The Hall–Kier alpha value is -0.760. The van der Waals surface area contributed by atoms with E-state index >= 15 is 0 Å². The van der Waals surface area contributed by atoms with Crippen LogP contribution in [0.3, 0.4) is 0 Å². The SMILES string of the molecule is [2H]C([2H])(O)c1ccco1. The van der Waals surface area contributed by atoms with Crippen molar-refractivity contribution in [3.8, 4) is 0 Å². The van der Waals surface area contributed by atoms with Gasteiger partial charge in [-0.15, -0.1) is 0 Å². The van der Waals surface area contributed by atoms with E-state index in [9.17, 15) is 0 Å². The van der Waals surface area contributed by atoms with Crippen molar-refractivity contribution < 1.29 is 12.3 Å². The van der Waals surface area contributed by atoms with Crippen LogP contribution in [0.25, 0.3) is 0 Å². The summed E-state index contributed by atoms with van der Waals surface area (Å²) in [6.45, 7) is -2.34. The van der Waals surface area contributed by atoms with Gasteiger partial charge < -0.3 is 9.52 Å². The van der Waals surface area contributed by atoms with Gasteiger partial charge in [-0.3, -0.25) is 0 Å². The lowest BCUT2D eigenvalue weighted by Crippen LogP contribution is -1.72. The van der Waals surface area contributed by atoms with Crippen LogP contribution >= 0.6 is 0 Å². The van der Waals surface area contributed by atoms with Crippen LogP contribution in [-0.2, 0) is 6.56 Å². The van der Waals surface area contributed by atoms with Gasteiger partial charge in [-0.25, -0.2) is 0 Å². The monoisotopic (exact) mass is 100 g/mol. The van der Waals surface area contributed by atoms with E-state index in [1.165, 1.54) is 18.4 Å². The first kappa shape index (κ1) is 2.52. The Bertz CT molecular complexity index is 175. The quantitative estimate of drug-likeness (QED) is 0.565. The first-order chi connectivity index (χ1) is 4.11. The number of hydrogen-bond donors (Lipinski definition) is 1. The Kier molecular flexibility index (Phi) is 0.648. The van der Waals surface area contributed by atoms with Crippen LogP contribution < -0.4 is 0 Å². The summed E-state index contributed by atoms with van der Waals surface area (Å²) in [5.41, 5.74) is 0. The fraction of sp³-hybridized carbons (Fsp3) is 0.200. The molecule has 0 unspecified atom stereocenters. The molecule has 1 heterocycles. The van der Waals surface area contributed by atoms with Gasteiger partial charge in [-0.2, -0.15) is 0 Å². The molecule has 7 heavy (non-hydrogen) atoms. The van der Waals surface area contributed by atoms with Crippen LogP contribution in [0.5, 0.6) is 0 Å². The van der Waals surface area contributed by atoms with Crippen molar-refractivity contribution in [1.29, 1.82) is 0 Å². The summed E-state index contributed by atoms with van der Waals surface area (Å²) in [5.74, 6) is -0.0671. The van der Waals surface area contributed by atoms with Crippen LogP contribution in [-0.4, -0.2) is 5.11 Å². The summed E-state index contributed by atoms with van der Waals surface area (Å²) >= 11 is 0. The maximum absolute atomic E-state index is 8.62. The third kappa shape index (κ3) is 0.810. The Morgan fingerprint density at radius 1 is 2.00 bits per heavy atom. The average Bonchev–Trinajstić information content (AvgIpc) is 2.08. The Morgan fingerprint density at radius 3 is 3.14 bits per heavy atom. The molecule has 0 bridgehead atoms. The third-order valence-corrected chi connectivity index (χ3v) is 0.631. The lowest BCUT2D eigenvalue weighted by atomic mass is 10.5. The van der Waals surface area contributed by atoms with E-state index in [2.05, 4.69) is 4.42 Å². The molecule has 2 heteroatoms. The van der Waals surface area contributed by atoms with Crippen molar-refractivity contribution in [2.45, 2.75) is 6.56 Å². The molecule has 0 amide bonds. The molecule has 1 aromatic rings. The lowest BCUT2D eigenvalue weighted by molar-refractivity contribution is 0.247. The molecule has 1 rings (SSSR count). The zero-order valence-corrected chi connectivity index (χ0v) is 3.59. The van der Waals surface area contributed by atoms with E-state index in [-0.39, 0.29) is 5.76 Å². The molecule has 0 aromatic carbocycles. The van der Waals surface area contributed by atoms with Gasteiger partial charge in [0.05, 0.1) is 9.00 Å². The van der Waals surface area contributed by atoms with Crippen LogP contribution in [0.15, 0.2) is 22.8 Å².